The van der Waals surface area contributed by atoms with Crippen molar-refractivity contribution >= 4 is 6.29 Å². The van der Waals surface area contributed by atoms with Crippen LogP contribution in [0.4, 0.5) is 0 Å². The van der Waals surface area contributed by atoms with Crippen LogP contribution in [0.2, 0.25) is 0 Å². The first-order valence-electron chi connectivity index (χ1n) is 4.84. The van der Waals surface area contributed by atoms with Crippen molar-refractivity contribution in [2.45, 2.75) is 39.5 Å². The Morgan fingerprint density at radius 2 is 1.77 bits per heavy atom. The number of unbranched alkanes of at least 4 members (excludes halogenated alkanes) is 1. The van der Waals surface area contributed by atoms with Crippen LogP contribution in [-0.2, 0) is 4.79 Å². The number of hydrogen-bond donors (Lipinski definition) is 0. The summed E-state index contributed by atoms with van der Waals surface area (Å²) in [7, 11) is 0. The van der Waals surface area contributed by atoms with Gasteiger partial charge in [0.2, 0.25) is 0 Å². The summed E-state index contributed by atoms with van der Waals surface area (Å²) < 4.78 is 0. The van der Waals surface area contributed by atoms with Gasteiger partial charge in [0.25, 0.3) is 0 Å². The monoisotopic (exact) mass is 180 g/mol. The highest BCUT2D eigenvalue weighted by Gasteiger charge is 2.10. The van der Waals surface area contributed by atoms with Gasteiger partial charge in [0.05, 0.1) is 0 Å². The molecule has 0 spiro atoms. The molecular weight excluding hydrogens is 160 g/mol. The predicted molar refractivity (Wildman–Crippen MR) is 57.7 cm³/mol. The normalized spacial score (nSPS) is 11.8. The molecule has 0 aromatic heterocycles. The lowest BCUT2D eigenvalue weighted by Gasteiger charge is -2.17. The molecule has 0 atom stereocenters. The van der Waals surface area contributed by atoms with E-state index >= 15 is 0 Å². The second kappa shape index (κ2) is 6.64. The fraction of sp³-hybridized carbons (Fsp3) is 0.583. The summed E-state index contributed by atoms with van der Waals surface area (Å²) in [6.07, 6.45) is 10.9. The zero-order chi connectivity index (χ0) is 10.2. The molecule has 0 bridgehead atoms. The van der Waals surface area contributed by atoms with E-state index in [1.54, 1.807) is 0 Å². The Hall–Kier alpha value is -0.850. The van der Waals surface area contributed by atoms with E-state index in [2.05, 4.69) is 32.6 Å². The molecule has 0 aliphatic rings. The van der Waals surface area contributed by atoms with Gasteiger partial charge in [0, 0.05) is 6.42 Å². The summed E-state index contributed by atoms with van der Waals surface area (Å²) in [5.74, 6) is 0. The predicted octanol–water partition coefficient (Wildman–Crippen LogP) is 3.51. The number of hydrogen-bond acceptors (Lipinski definition) is 1. The average molecular weight is 180 g/mol. The Balaban J connectivity index is 3.49. The van der Waals surface area contributed by atoms with E-state index in [4.69, 9.17) is 0 Å². The van der Waals surface area contributed by atoms with Crippen LogP contribution in [0.25, 0.3) is 0 Å². The third-order valence-corrected chi connectivity index (χ3v) is 2.13. The quantitative estimate of drug-likeness (QED) is 0.333. The lowest BCUT2D eigenvalue weighted by molar-refractivity contribution is -0.107. The van der Waals surface area contributed by atoms with E-state index in [1.807, 2.05) is 6.08 Å². The van der Waals surface area contributed by atoms with Crippen LogP contribution in [0, 0.1) is 5.41 Å². The summed E-state index contributed by atoms with van der Waals surface area (Å²) in [5.41, 5.74) is 0.231. The first-order chi connectivity index (χ1) is 6.12. The number of allylic oxidation sites excluding steroid dienone is 3. The fourth-order valence-electron chi connectivity index (χ4n) is 0.957. The molecule has 0 amide bonds. The Morgan fingerprint density at radius 3 is 2.31 bits per heavy atom. The van der Waals surface area contributed by atoms with Crippen molar-refractivity contribution in [1.29, 1.82) is 0 Å². The molecule has 0 fully saturated rings. The minimum absolute atomic E-state index is 0.231. The number of aldehydes is 1. The van der Waals surface area contributed by atoms with E-state index in [-0.39, 0.29) is 5.41 Å². The summed E-state index contributed by atoms with van der Waals surface area (Å²) in [4.78, 5) is 10.00. The highest BCUT2D eigenvalue weighted by molar-refractivity contribution is 5.49. The molecule has 1 nitrogen and oxygen atoms in total. The fourth-order valence-corrected chi connectivity index (χ4v) is 0.957. The second-order valence-electron chi connectivity index (χ2n) is 3.95. The van der Waals surface area contributed by atoms with Crippen LogP contribution in [0.5, 0.6) is 0 Å². The first-order valence-corrected chi connectivity index (χ1v) is 4.84. The van der Waals surface area contributed by atoms with Crippen LogP contribution in [-0.4, -0.2) is 6.29 Å². The van der Waals surface area contributed by atoms with Crippen LogP contribution in [0.1, 0.15) is 39.5 Å². The van der Waals surface area contributed by atoms with Crippen LogP contribution >= 0.6 is 0 Å². The Morgan fingerprint density at radius 1 is 1.15 bits per heavy atom. The topological polar surface area (TPSA) is 17.1 Å². The van der Waals surface area contributed by atoms with Crippen molar-refractivity contribution in [3.8, 4) is 0 Å². The van der Waals surface area contributed by atoms with Crippen molar-refractivity contribution in [1.82, 2.24) is 0 Å². The highest BCUT2D eigenvalue weighted by atomic mass is 16.1. The highest BCUT2D eigenvalue weighted by Crippen LogP contribution is 2.23. The molecule has 0 saturated carbocycles. The Labute approximate surface area is 81.5 Å². The standard InChI is InChI=1S/C12H20O/c1-4-12(2,3)10-8-6-5-7-9-11-13/h4-6,11H,1,7-10H2,2-3H3/b6-5+. The molecule has 0 aromatic carbocycles. The van der Waals surface area contributed by atoms with E-state index in [1.165, 1.54) is 0 Å². The van der Waals surface area contributed by atoms with Crippen LogP contribution in [0.3, 0.4) is 0 Å². The largest absolute Gasteiger partial charge is 0.303 e. The average Bonchev–Trinajstić information content (AvgIpc) is 2.11. The molecule has 0 rings (SSSR count). The van der Waals surface area contributed by atoms with Gasteiger partial charge < -0.3 is 4.79 Å². The van der Waals surface area contributed by atoms with Crippen molar-refractivity contribution in [2.75, 3.05) is 0 Å². The summed E-state index contributed by atoms with van der Waals surface area (Å²) in [5, 5.41) is 0. The molecule has 0 aromatic rings. The zero-order valence-corrected chi connectivity index (χ0v) is 8.75. The smallest absolute Gasteiger partial charge is 0.120 e. The van der Waals surface area contributed by atoms with E-state index in [0.29, 0.717) is 6.42 Å². The van der Waals surface area contributed by atoms with Gasteiger partial charge in [-0.25, -0.2) is 0 Å². The SMILES string of the molecule is C=CC(C)(C)CC/C=C/CCC=O. The van der Waals surface area contributed by atoms with Gasteiger partial charge in [-0.1, -0.05) is 32.1 Å². The van der Waals surface area contributed by atoms with E-state index in [0.717, 1.165) is 25.5 Å². The summed E-state index contributed by atoms with van der Waals surface area (Å²) in [6, 6.07) is 0. The molecule has 0 N–H and O–H groups in total. The molecule has 0 heterocycles. The molecule has 0 saturated heterocycles. The van der Waals surface area contributed by atoms with Gasteiger partial charge in [-0.05, 0) is 24.7 Å². The first kappa shape index (κ1) is 12.2. The molecule has 74 valence electrons. The minimum atomic E-state index is 0.231. The molecule has 1 heteroatoms. The van der Waals surface area contributed by atoms with Crippen LogP contribution < -0.4 is 0 Å². The maximum absolute atomic E-state index is 10.00. The maximum atomic E-state index is 10.00. The van der Waals surface area contributed by atoms with Gasteiger partial charge in [-0.3, -0.25) is 0 Å². The molecule has 0 aliphatic carbocycles. The van der Waals surface area contributed by atoms with E-state index < -0.39 is 0 Å². The zero-order valence-electron chi connectivity index (χ0n) is 8.75. The van der Waals surface area contributed by atoms with Gasteiger partial charge in [-0.15, -0.1) is 6.58 Å². The minimum Gasteiger partial charge on any atom is -0.303 e. The van der Waals surface area contributed by atoms with Gasteiger partial charge >= 0.3 is 0 Å². The Bertz CT molecular complexity index is 178. The number of rotatable bonds is 7. The van der Waals surface area contributed by atoms with Crippen molar-refractivity contribution in [2.24, 2.45) is 5.41 Å². The second-order valence-corrected chi connectivity index (χ2v) is 3.95. The van der Waals surface area contributed by atoms with Gasteiger partial charge in [-0.2, -0.15) is 0 Å². The molecule has 0 unspecified atom stereocenters. The van der Waals surface area contributed by atoms with Crippen molar-refractivity contribution < 1.29 is 4.79 Å². The van der Waals surface area contributed by atoms with Crippen molar-refractivity contribution in [3.63, 3.8) is 0 Å². The molecule has 0 radical (unpaired) electrons. The number of carbonyl (C=O) groups excluding carboxylic acids is 1. The molecule has 0 aliphatic heterocycles. The summed E-state index contributed by atoms with van der Waals surface area (Å²) >= 11 is 0. The molecule has 13 heavy (non-hydrogen) atoms. The maximum Gasteiger partial charge on any atom is 0.120 e. The van der Waals surface area contributed by atoms with Gasteiger partial charge in [0.15, 0.2) is 0 Å². The third kappa shape index (κ3) is 7.51. The third-order valence-electron chi connectivity index (χ3n) is 2.13. The van der Waals surface area contributed by atoms with Crippen molar-refractivity contribution in [3.05, 3.63) is 24.8 Å². The Kier molecular flexibility index (Phi) is 6.21. The van der Waals surface area contributed by atoms with E-state index in [9.17, 15) is 4.79 Å². The summed E-state index contributed by atoms with van der Waals surface area (Å²) in [6.45, 7) is 8.15. The van der Waals surface area contributed by atoms with Crippen LogP contribution in [0.15, 0.2) is 24.8 Å². The lowest BCUT2D eigenvalue weighted by atomic mass is 9.88. The van der Waals surface area contributed by atoms with Gasteiger partial charge in [0.1, 0.15) is 6.29 Å². The number of carbonyl (C=O) groups is 1. The lowest BCUT2D eigenvalue weighted by Crippen LogP contribution is -2.05. The molecular formula is C12H20O.